The number of nitro groups is 1. The summed E-state index contributed by atoms with van der Waals surface area (Å²) >= 11 is 0.746. The second-order valence-electron chi connectivity index (χ2n) is 5.00. The fraction of sp³-hybridized carbons (Fsp3) is 0. The summed E-state index contributed by atoms with van der Waals surface area (Å²) in [4.78, 5) is 34.5. The minimum atomic E-state index is -0.680. The summed E-state index contributed by atoms with van der Waals surface area (Å²) in [5, 5.41) is 10.5. The maximum absolute atomic E-state index is 12.3. The number of carbonyl (C=O) groups excluding carboxylic acids is 2. The van der Waals surface area contributed by atoms with Crippen molar-refractivity contribution in [1.82, 2.24) is 0 Å². The molecule has 0 aliphatic carbocycles. The number of benzene rings is 2. The summed E-state index contributed by atoms with van der Waals surface area (Å²) in [7, 11) is 0. The monoisotopic (exact) mass is 353 g/mol. The first-order valence-electron chi connectivity index (χ1n) is 7.21. The van der Waals surface area contributed by atoms with E-state index in [0.29, 0.717) is 11.1 Å². The highest BCUT2D eigenvalue weighted by Crippen LogP contribution is 2.25. The molecule has 0 unspecified atom stereocenters. The van der Waals surface area contributed by atoms with E-state index in [0.717, 1.165) is 11.3 Å². The number of ketones is 1. The lowest BCUT2D eigenvalue weighted by molar-refractivity contribution is -0.380. The normalized spacial score (nSPS) is 10.2. The van der Waals surface area contributed by atoms with Crippen molar-refractivity contribution in [3.8, 4) is 5.75 Å². The first-order valence-corrected chi connectivity index (χ1v) is 8.02. The summed E-state index contributed by atoms with van der Waals surface area (Å²) in [6.07, 6.45) is 0. The van der Waals surface area contributed by atoms with Crippen molar-refractivity contribution < 1.29 is 19.2 Å². The van der Waals surface area contributed by atoms with Gasteiger partial charge in [-0.25, -0.2) is 4.79 Å². The Balaban J connectivity index is 1.71. The number of ether oxygens (including phenoxy) is 1. The molecule has 0 atom stereocenters. The van der Waals surface area contributed by atoms with Gasteiger partial charge in [0.25, 0.3) is 0 Å². The number of carbonyl (C=O) groups is 2. The smallest absolute Gasteiger partial charge is 0.353 e. The summed E-state index contributed by atoms with van der Waals surface area (Å²) in [6.45, 7) is 0. The highest BCUT2D eigenvalue weighted by molar-refractivity contribution is 7.17. The Morgan fingerprint density at radius 3 is 2.12 bits per heavy atom. The molecule has 0 N–H and O–H groups in total. The molecular weight excluding hydrogens is 342 g/mol. The zero-order valence-corrected chi connectivity index (χ0v) is 13.6. The summed E-state index contributed by atoms with van der Waals surface area (Å²) in [5.41, 5.74) is 1.04. The van der Waals surface area contributed by atoms with Crippen molar-refractivity contribution in [1.29, 1.82) is 0 Å². The Hall–Kier alpha value is -3.32. The largest absolute Gasteiger partial charge is 0.422 e. The minimum absolute atomic E-state index is 0.129. The van der Waals surface area contributed by atoms with Crippen LogP contribution in [-0.2, 0) is 0 Å². The van der Waals surface area contributed by atoms with Crippen LogP contribution in [0.3, 0.4) is 0 Å². The molecule has 0 amide bonds. The van der Waals surface area contributed by atoms with E-state index in [4.69, 9.17) is 4.74 Å². The molecule has 25 heavy (non-hydrogen) atoms. The first kappa shape index (κ1) is 16.5. The maximum atomic E-state index is 12.3. The molecule has 0 fully saturated rings. The Bertz CT molecular complexity index is 932. The van der Waals surface area contributed by atoms with Gasteiger partial charge in [0.2, 0.25) is 0 Å². The van der Waals surface area contributed by atoms with E-state index in [-0.39, 0.29) is 21.4 Å². The van der Waals surface area contributed by atoms with E-state index < -0.39 is 10.9 Å². The third kappa shape index (κ3) is 3.78. The van der Waals surface area contributed by atoms with Crippen molar-refractivity contribution in [3.63, 3.8) is 0 Å². The summed E-state index contributed by atoms with van der Waals surface area (Å²) < 4.78 is 5.17. The fourth-order valence-corrected chi connectivity index (χ4v) is 2.82. The zero-order valence-electron chi connectivity index (χ0n) is 12.7. The van der Waals surface area contributed by atoms with Gasteiger partial charge >= 0.3 is 11.0 Å². The standard InChI is InChI=1S/C18H11NO5S/c20-17(12-4-2-1-3-5-12)13-6-8-14(9-7-13)24-18(21)15-10-11-16(25-15)19(22)23/h1-11H. The predicted octanol–water partition coefficient (Wildman–Crippen LogP) is 4.11. The number of nitrogens with zero attached hydrogens (tertiary/aromatic N) is 1. The Morgan fingerprint density at radius 1 is 0.880 bits per heavy atom. The van der Waals surface area contributed by atoms with Crippen LogP contribution in [0.15, 0.2) is 66.7 Å². The van der Waals surface area contributed by atoms with Crippen LogP contribution in [0.25, 0.3) is 0 Å². The van der Waals surface area contributed by atoms with Crippen LogP contribution < -0.4 is 4.74 Å². The average Bonchev–Trinajstić information content (AvgIpc) is 3.13. The second-order valence-corrected chi connectivity index (χ2v) is 6.07. The van der Waals surface area contributed by atoms with Gasteiger partial charge in [-0.05, 0) is 30.3 Å². The van der Waals surface area contributed by atoms with Crippen LogP contribution in [0, 0.1) is 10.1 Å². The van der Waals surface area contributed by atoms with E-state index >= 15 is 0 Å². The quantitative estimate of drug-likeness (QED) is 0.226. The van der Waals surface area contributed by atoms with Crippen LogP contribution in [0.4, 0.5) is 5.00 Å². The van der Waals surface area contributed by atoms with Crippen LogP contribution >= 0.6 is 11.3 Å². The van der Waals surface area contributed by atoms with E-state index in [1.54, 1.807) is 36.4 Å². The third-order valence-electron chi connectivity index (χ3n) is 3.34. The van der Waals surface area contributed by atoms with Gasteiger partial charge in [-0.15, -0.1) is 0 Å². The lowest BCUT2D eigenvalue weighted by Crippen LogP contribution is -2.07. The lowest BCUT2D eigenvalue weighted by Gasteiger charge is -2.04. The molecule has 0 aliphatic rings. The topological polar surface area (TPSA) is 86.5 Å². The predicted molar refractivity (Wildman–Crippen MR) is 92.2 cm³/mol. The molecule has 6 nitrogen and oxygen atoms in total. The SMILES string of the molecule is O=C(c1ccccc1)c1ccc(OC(=O)c2ccc([N+](=O)[O-])s2)cc1. The molecule has 0 saturated heterocycles. The van der Waals surface area contributed by atoms with Crippen LogP contribution in [0.5, 0.6) is 5.75 Å². The number of thiophene rings is 1. The average molecular weight is 353 g/mol. The van der Waals surface area contributed by atoms with Crippen molar-refractivity contribution in [2.24, 2.45) is 0 Å². The molecule has 2 aromatic carbocycles. The molecule has 124 valence electrons. The van der Waals surface area contributed by atoms with Gasteiger partial charge in [-0.1, -0.05) is 41.7 Å². The number of rotatable bonds is 5. The number of hydrogen-bond acceptors (Lipinski definition) is 6. The highest BCUT2D eigenvalue weighted by Gasteiger charge is 2.17. The molecule has 1 aromatic heterocycles. The number of esters is 1. The summed E-state index contributed by atoms with van der Waals surface area (Å²) in [6, 6.07) is 17.6. The molecule has 0 bridgehead atoms. The Kier molecular flexibility index (Phi) is 4.67. The van der Waals surface area contributed by atoms with Crippen molar-refractivity contribution in [3.05, 3.63) is 92.8 Å². The van der Waals surface area contributed by atoms with Crippen molar-refractivity contribution in [2.45, 2.75) is 0 Å². The van der Waals surface area contributed by atoms with Crippen LogP contribution in [0.2, 0.25) is 0 Å². The summed E-state index contributed by atoms with van der Waals surface area (Å²) in [5.74, 6) is -0.557. The second kappa shape index (κ2) is 7.06. The molecule has 1 heterocycles. The van der Waals surface area contributed by atoms with Crippen molar-refractivity contribution in [2.75, 3.05) is 0 Å². The van der Waals surface area contributed by atoms with E-state index in [1.165, 1.54) is 24.3 Å². The molecule has 3 rings (SSSR count). The molecule has 0 radical (unpaired) electrons. The van der Waals surface area contributed by atoms with Gasteiger partial charge in [0.05, 0.1) is 4.92 Å². The van der Waals surface area contributed by atoms with E-state index in [2.05, 4.69) is 0 Å². The van der Waals surface area contributed by atoms with Gasteiger partial charge in [0.1, 0.15) is 10.6 Å². The van der Waals surface area contributed by atoms with Gasteiger partial charge < -0.3 is 4.74 Å². The molecule has 0 spiro atoms. The van der Waals surface area contributed by atoms with Crippen LogP contribution in [-0.4, -0.2) is 16.7 Å². The minimum Gasteiger partial charge on any atom is -0.422 e. The highest BCUT2D eigenvalue weighted by atomic mass is 32.1. The lowest BCUT2D eigenvalue weighted by atomic mass is 10.0. The molecule has 0 saturated carbocycles. The van der Waals surface area contributed by atoms with E-state index in [9.17, 15) is 19.7 Å². The molecular formula is C18H11NO5S. The van der Waals surface area contributed by atoms with Gasteiger partial charge in [0.15, 0.2) is 5.78 Å². The van der Waals surface area contributed by atoms with Gasteiger partial charge in [0, 0.05) is 17.2 Å². The molecule has 7 heteroatoms. The zero-order chi connectivity index (χ0) is 17.8. The Labute approximate surface area is 146 Å². The van der Waals surface area contributed by atoms with Crippen molar-refractivity contribution >= 4 is 28.1 Å². The fourth-order valence-electron chi connectivity index (χ4n) is 2.12. The number of hydrogen-bond donors (Lipinski definition) is 0. The van der Waals surface area contributed by atoms with E-state index in [1.807, 2.05) is 6.07 Å². The van der Waals surface area contributed by atoms with Gasteiger partial charge in [-0.3, -0.25) is 14.9 Å². The maximum Gasteiger partial charge on any atom is 0.353 e. The Morgan fingerprint density at radius 2 is 1.52 bits per heavy atom. The van der Waals surface area contributed by atoms with Gasteiger partial charge in [-0.2, -0.15) is 0 Å². The molecule has 3 aromatic rings. The first-order chi connectivity index (χ1) is 12.0. The molecule has 0 aliphatic heterocycles. The van der Waals surface area contributed by atoms with Crippen LogP contribution in [0.1, 0.15) is 25.6 Å². The third-order valence-corrected chi connectivity index (χ3v) is 4.35.